The van der Waals surface area contributed by atoms with E-state index in [1.807, 2.05) is 60.7 Å². The zero-order valence-corrected chi connectivity index (χ0v) is 9.90. The summed E-state index contributed by atoms with van der Waals surface area (Å²) >= 11 is 0. The molecule has 2 rings (SSSR count). The molecular formula is C14H14N2O2. The molecule has 0 saturated carbocycles. The van der Waals surface area contributed by atoms with Gasteiger partial charge in [-0.05, 0) is 11.1 Å². The molecule has 0 aromatic heterocycles. The van der Waals surface area contributed by atoms with E-state index in [9.17, 15) is 4.91 Å². The molecule has 0 aliphatic heterocycles. The van der Waals surface area contributed by atoms with E-state index in [1.165, 1.54) is 5.06 Å². The maximum atomic E-state index is 10.3. The van der Waals surface area contributed by atoms with Gasteiger partial charge in [0.25, 0.3) is 0 Å². The first-order chi connectivity index (χ1) is 8.88. The molecule has 0 unspecified atom stereocenters. The van der Waals surface area contributed by atoms with Crippen molar-refractivity contribution in [1.29, 1.82) is 0 Å². The van der Waals surface area contributed by atoms with Gasteiger partial charge in [-0.1, -0.05) is 60.7 Å². The molecule has 0 N–H and O–H groups in total. The van der Waals surface area contributed by atoms with Gasteiger partial charge in [-0.15, -0.1) is 9.97 Å². The fourth-order valence-corrected chi connectivity index (χ4v) is 1.73. The van der Waals surface area contributed by atoms with Crippen LogP contribution in [0.25, 0.3) is 0 Å². The number of rotatable bonds is 6. The van der Waals surface area contributed by atoms with Gasteiger partial charge in [0.15, 0.2) is 5.34 Å². The third-order valence-corrected chi connectivity index (χ3v) is 2.55. The summed E-state index contributed by atoms with van der Waals surface area (Å²) in [4.78, 5) is 15.0. The van der Waals surface area contributed by atoms with Crippen molar-refractivity contribution < 1.29 is 4.94 Å². The van der Waals surface area contributed by atoms with Crippen LogP contribution in [0, 0.1) is 4.91 Å². The van der Waals surface area contributed by atoms with Crippen molar-refractivity contribution in [3.63, 3.8) is 0 Å². The molecule has 0 saturated heterocycles. The minimum Gasteiger partial charge on any atom is -0.259 e. The number of hydrogen-bond donors (Lipinski definition) is 0. The van der Waals surface area contributed by atoms with E-state index < -0.39 is 0 Å². The van der Waals surface area contributed by atoms with E-state index in [4.69, 9.17) is 4.94 Å². The van der Waals surface area contributed by atoms with Gasteiger partial charge in [0.2, 0.25) is 0 Å². The van der Waals surface area contributed by atoms with Crippen LogP contribution in [0.2, 0.25) is 0 Å². The van der Waals surface area contributed by atoms with Crippen LogP contribution in [0.1, 0.15) is 11.1 Å². The van der Waals surface area contributed by atoms with Gasteiger partial charge in [-0.25, -0.2) is 0 Å². The molecule has 18 heavy (non-hydrogen) atoms. The van der Waals surface area contributed by atoms with Crippen LogP contribution in [-0.2, 0) is 18.0 Å². The second kappa shape index (κ2) is 6.51. The van der Waals surface area contributed by atoms with Crippen molar-refractivity contribution >= 4 is 0 Å². The minimum absolute atomic E-state index is 0.515. The van der Waals surface area contributed by atoms with Gasteiger partial charge in [0.1, 0.15) is 0 Å². The van der Waals surface area contributed by atoms with Crippen LogP contribution in [0.3, 0.4) is 0 Å². The number of hydrogen-bond acceptors (Lipinski definition) is 4. The second-order valence-corrected chi connectivity index (χ2v) is 3.93. The Morgan fingerprint density at radius 2 is 1.28 bits per heavy atom. The SMILES string of the molecule is O=NON(Cc1ccccc1)Cc1ccccc1. The van der Waals surface area contributed by atoms with Crippen molar-refractivity contribution in [3.05, 3.63) is 76.7 Å². The first-order valence-corrected chi connectivity index (χ1v) is 5.71. The molecule has 0 atom stereocenters. The summed E-state index contributed by atoms with van der Waals surface area (Å²) in [7, 11) is 0. The van der Waals surface area contributed by atoms with Crippen molar-refractivity contribution in [1.82, 2.24) is 5.06 Å². The Morgan fingerprint density at radius 1 is 0.833 bits per heavy atom. The smallest absolute Gasteiger partial charge is 0.176 e. The summed E-state index contributed by atoms with van der Waals surface area (Å²) in [5.41, 5.74) is 2.13. The predicted molar refractivity (Wildman–Crippen MR) is 69.0 cm³/mol. The average molecular weight is 242 g/mol. The van der Waals surface area contributed by atoms with Crippen molar-refractivity contribution in [2.75, 3.05) is 0 Å². The van der Waals surface area contributed by atoms with Gasteiger partial charge in [-0.2, -0.15) is 0 Å². The number of nitrogens with zero attached hydrogens (tertiary/aromatic N) is 2. The van der Waals surface area contributed by atoms with Crippen LogP contribution in [-0.4, -0.2) is 5.06 Å². The van der Waals surface area contributed by atoms with E-state index in [0.717, 1.165) is 11.1 Å². The van der Waals surface area contributed by atoms with Crippen LogP contribution >= 0.6 is 0 Å². The summed E-state index contributed by atoms with van der Waals surface area (Å²) in [6.45, 7) is 1.03. The molecule has 92 valence electrons. The first kappa shape index (κ1) is 12.3. The molecular weight excluding hydrogens is 228 g/mol. The van der Waals surface area contributed by atoms with Crippen molar-refractivity contribution in [2.45, 2.75) is 13.1 Å². The average Bonchev–Trinajstić information content (AvgIpc) is 2.41. The molecule has 0 bridgehead atoms. The Balaban J connectivity index is 2.02. The van der Waals surface area contributed by atoms with E-state index in [-0.39, 0.29) is 0 Å². The lowest BCUT2D eigenvalue weighted by molar-refractivity contribution is -0.176. The molecule has 0 heterocycles. The van der Waals surface area contributed by atoms with Crippen LogP contribution in [0.5, 0.6) is 0 Å². The molecule has 0 amide bonds. The van der Waals surface area contributed by atoms with Crippen LogP contribution in [0.4, 0.5) is 0 Å². The molecule has 2 aromatic carbocycles. The Kier molecular flexibility index (Phi) is 4.44. The second-order valence-electron chi connectivity index (χ2n) is 3.93. The van der Waals surface area contributed by atoms with Crippen LogP contribution in [0.15, 0.2) is 66.0 Å². The Bertz CT molecular complexity index is 432. The van der Waals surface area contributed by atoms with Gasteiger partial charge in [0, 0.05) is 0 Å². The van der Waals surface area contributed by atoms with Gasteiger partial charge in [-0.3, -0.25) is 4.94 Å². The maximum Gasteiger partial charge on any atom is 0.176 e. The Hall–Kier alpha value is -2.20. The zero-order valence-electron chi connectivity index (χ0n) is 9.90. The molecule has 0 fully saturated rings. The van der Waals surface area contributed by atoms with E-state index >= 15 is 0 Å². The Morgan fingerprint density at radius 3 is 1.67 bits per heavy atom. The fourth-order valence-electron chi connectivity index (χ4n) is 1.73. The maximum absolute atomic E-state index is 10.3. The number of benzene rings is 2. The summed E-state index contributed by atoms with van der Waals surface area (Å²) in [6, 6.07) is 19.6. The monoisotopic (exact) mass is 242 g/mol. The molecule has 0 aliphatic carbocycles. The van der Waals surface area contributed by atoms with Crippen LogP contribution < -0.4 is 0 Å². The van der Waals surface area contributed by atoms with Crippen molar-refractivity contribution in [3.8, 4) is 0 Å². The predicted octanol–water partition coefficient (Wildman–Crippen LogP) is 3.30. The van der Waals surface area contributed by atoms with E-state index in [0.29, 0.717) is 13.1 Å². The minimum atomic E-state index is 0.515. The van der Waals surface area contributed by atoms with Crippen molar-refractivity contribution in [2.24, 2.45) is 5.34 Å². The molecule has 4 nitrogen and oxygen atoms in total. The third-order valence-electron chi connectivity index (χ3n) is 2.55. The zero-order chi connectivity index (χ0) is 12.6. The molecule has 0 radical (unpaired) electrons. The highest BCUT2D eigenvalue weighted by Crippen LogP contribution is 2.10. The lowest BCUT2D eigenvalue weighted by Crippen LogP contribution is -2.20. The summed E-state index contributed by atoms with van der Waals surface area (Å²) in [5.74, 6) is 0. The lowest BCUT2D eigenvalue weighted by Gasteiger charge is -2.16. The lowest BCUT2D eigenvalue weighted by atomic mass is 10.2. The first-order valence-electron chi connectivity index (χ1n) is 5.71. The third kappa shape index (κ3) is 3.68. The highest BCUT2D eigenvalue weighted by atomic mass is 16.9. The standard InChI is InChI=1S/C14H14N2O2/c17-15-18-16(11-13-7-3-1-4-8-13)12-14-9-5-2-6-10-14/h1-10H,11-12H2. The highest BCUT2D eigenvalue weighted by molar-refractivity contribution is 5.16. The normalized spacial score (nSPS) is 10.3. The van der Waals surface area contributed by atoms with Gasteiger partial charge < -0.3 is 0 Å². The van der Waals surface area contributed by atoms with E-state index in [1.54, 1.807) is 0 Å². The summed E-state index contributed by atoms with van der Waals surface area (Å²) in [5, 5.41) is 4.03. The molecule has 0 spiro atoms. The summed E-state index contributed by atoms with van der Waals surface area (Å²) < 4.78 is 0. The highest BCUT2D eigenvalue weighted by Gasteiger charge is 2.08. The van der Waals surface area contributed by atoms with Gasteiger partial charge in [0.05, 0.1) is 13.1 Å². The molecule has 2 aromatic rings. The summed E-state index contributed by atoms with van der Waals surface area (Å²) in [6.07, 6.45) is 0. The topological polar surface area (TPSA) is 41.9 Å². The quantitative estimate of drug-likeness (QED) is 0.576. The Labute approximate surface area is 106 Å². The molecule has 4 heteroatoms. The number of hydroxylamine groups is 2. The largest absolute Gasteiger partial charge is 0.259 e. The van der Waals surface area contributed by atoms with Gasteiger partial charge >= 0.3 is 0 Å². The molecule has 0 aliphatic rings. The van der Waals surface area contributed by atoms with E-state index in [2.05, 4.69) is 5.34 Å². The fraction of sp³-hybridized carbons (Fsp3) is 0.143.